The molecule has 3 rings (SSSR count). The smallest absolute Gasteiger partial charge is 0.216 e. The molecule has 144 valence electrons. The Morgan fingerprint density at radius 2 is 2.19 bits per heavy atom. The summed E-state index contributed by atoms with van der Waals surface area (Å²) >= 11 is 0. The number of halogens is 2. The van der Waals surface area contributed by atoms with Crippen LogP contribution in [0, 0.1) is 5.82 Å². The topological polar surface area (TPSA) is 48.3 Å². The van der Waals surface area contributed by atoms with Crippen molar-refractivity contribution in [2.24, 2.45) is 7.05 Å². The number of aromatic nitrogens is 2. The van der Waals surface area contributed by atoms with E-state index in [1.54, 1.807) is 23.9 Å². The molecule has 0 radical (unpaired) electrons. The number of nitrogens with one attached hydrogen (secondary N) is 1. The minimum absolute atomic E-state index is 0. The van der Waals surface area contributed by atoms with Gasteiger partial charge in [0.25, 0.3) is 0 Å². The predicted molar refractivity (Wildman–Crippen MR) is 102 cm³/mol. The van der Waals surface area contributed by atoms with Gasteiger partial charge in [0.05, 0.1) is 25.0 Å². The van der Waals surface area contributed by atoms with Crippen LogP contribution in [0.5, 0.6) is 11.6 Å². The summed E-state index contributed by atoms with van der Waals surface area (Å²) in [7, 11) is 3.55. The van der Waals surface area contributed by atoms with Gasteiger partial charge in [0.15, 0.2) is 0 Å². The molecule has 0 spiro atoms. The molecule has 2 aromatic rings. The highest BCUT2D eigenvalue weighted by atomic mass is 35.5. The number of fused-ring (bicyclic) bond motifs is 1. The summed E-state index contributed by atoms with van der Waals surface area (Å²) in [5.41, 5.74) is 2.96. The molecule has 1 aromatic carbocycles. The van der Waals surface area contributed by atoms with Crippen LogP contribution in [0.15, 0.2) is 18.2 Å². The Bertz CT molecular complexity index is 749. The molecule has 0 saturated heterocycles. The van der Waals surface area contributed by atoms with Crippen LogP contribution in [-0.2, 0) is 13.6 Å². The Morgan fingerprint density at radius 1 is 1.42 bits per heavy atom. The highest BCUT2D eigenvalue weighted by Gasteiger charge is 2.23. The SMILES string of the molecule is COc1c(CNC2CCCOc3ccc(F)cc32)c(C(C)C)nn1C.Cl. The molecule has 1 unspecified atom stereocenters. The molecule has 7 heteroatoms. The maximum absolute atomic E-state index is 13.7. The lowest BCUT2D eigenvalue weighted by Gasteiger charge is -2.19. The van der Waals surface area contributed by atoms with E-state index in [1.165, 1.54) is 6.07 Å². The lowest BCUT2D eigenvalue weighted by Crippen LogP contribution is -2.21. The Morgan fingerprint density at radius 3 is 2.88 bits per heavy atom. The number of aryl methyl sites for hydroxylation is 1. The van der Waals surface area contributed by atoms with Crippen LogP contribution in [-0.4, -0.2) is 23.5 Å². The van der Waals surface area contributed by atoms with E-state index in [4.69, 9.17) is 9.47 Å². The lowest BCUT2D eigenvalue weighted by atomic mass is 10.0. The van der Waals surface area contributed by atoms with E-state index < -0.39 is 0 Å². The molecule has 0 aliphatic carbocycles. The average molecular weight is 384 g/mol. The first-order valence-corrected chi connectivity index (χ1v) is 8.76. The number of benzene rings is 1. The zero-order valence-corrected chi connectivity index (χ0v) is 16.5. The van der Waals surface area contributed by atoms with E-state index in [9.17, 15) is 4.39 Å². The van der Waals surface area contributed by atoms with Gasteiger partial charge in [-0.2, -0.15) is 5.10 Å². The molecule has 5 nitrogen and oxygen atoms in total. The normalized spacial score (nSPS) is 16.5. The van der Waals surface area contributed by atoms with Crippen LogP contribution >= 0.6 is 12.4 Å². The Kier molecular flexibility index (Phi) is 6.89. The minimum Gasteiger partial charge on any atom is -0.493 e. The van der Waals surface area contributed by atoms with Crippen LogP contribution in [0.1, 0.15) is 55.5 Å². The summed E-state index contributed by atoms with van der Waals surface area (Å²) in [5, 5.41) is 8.15. The van der Waals surface area contributed by atoms with Crippen molar-refractivity contribution >= 4 is 12.4 Å². The maximum atomic E-state index is 13.7. The molecule has 1 aliphatic heterocycles. The molecule has 1 aliphatic rings. The van der Waals surface area contributed by atoms with Crippen molar-refractivity contribution in [1.29, 1.82) is 0 Å². The van der Waals surface area contributed by atoms with Crippen molar-refractivity contribution in [3.05, 3.63) is 40.8 Å². The fourth-order valence-electron chi connectivity index (χ4n) is 3.44. The molecular weight excluding hydrogens is 357 g/mol. The van der Waals surface area contributed by atoms with Crippen molar-refractivity contribution in [1.82, 2.24) is 15.1 Å². The molecule has 0 saturated carbocycles. The highest BCUT2D eigenvalue weighted by molar-refractivity contribution is 5.85. The third kappa shape index (κ3) is 4.13. The Balaban J connectivity index is 0.00000243. The van der Waals surface area contributed by atoms with Crippen LogP contribution < -0.4 is 14.8 Å². The van der Waals surface area contributed by atoms with Gasteiger partial charge in [-0.05, 0) is 37.0 Å². The minimum atomic E-state index is -0.238. The molecule has 1 aromatic heterocycles. The van der Waals surface area contributed by atoms with Gasteiger partial charge in [-0.15, -0.1) is 12.4 Å². The zero-order chi connectivity index (χ0) is 18.0. The second-order valence-electron chi connectivity index (χ2n) is 6.76. The van der Waals surface area contributed by atoms with Gasteiger partial charge >= 0.3 is 0 Å². The van der Waals surface area contributed by atoms with Crippen molar-refractivity contribution < 1.29 is 13.9 Å². The summed E-state index contributed by atoms with van der Waals surface area (Å²) < 4.78 is 26.8. The van der Waals surface area contributed by atoms with Crippen LogP contribution in [0.4, 0.5) is 4.39 Å². The van der Waals surface area contributed by atoms with Crippen LogP contribution in [0.25, 0.3) is 0 Å². The Hall–Kier alpha value is -1.79. The monoisotopic (exact) mass is 383 g/mol. The maximum Gasteiger partial charge on any atom is 0.216 e. The molecule has 2 heterocycles. The lowest BCUT2D eigenvalue weighted by molar-refractivity contribution is 0.314. The first-order valence-electron chi connectivity index (χ1n) is 8.76. The van der Waals surface area contributed by atoms with E-state index in [0.717, 1.165) is 41.3 Å². The van der Waals surface area contributed by atoms with Gasteiger partial charge in [0, 0.05) is 25.2 Å². The van der Waals surface area contributed by atoms with Crippen LogP contribution in [0.3, 0.4) is 0 Å². The van der Waals surface area contributed by atoms with Gasteiger partial charge in [-0.1, -0.05) is 13.8 Å². The average Bonchev–Trinajstić information content (AvgIpc) is 2.77. The molecule has 0 fully saturated rings. The largest absolute Gasteiger partial charge is 0.493 e. The van der Waals surface area contributed by atoms with Gasteiger partial charge in [0.2, 0.25) is 5.88 Å². The second kappa shape index (κ2) is 8.73. The van der Waals surface area contributed by atoms with Crippen molar-refractivity contribution in [2.75, 3.05) is 13.7 Å². The number of hydrogen-bond donors (Lipinski definition) is 1. The summed E-state index contributed by atoms with van der Waals surface area (Å²) in [6.07, 6.45) is 1.82. The van der Waals surface area contributed by atoms with Gasteiger partial charge in [0.1, 0.15) is 11.6 Å². The van der Waals surface area contributed by atoms with E-state index in [1.807, 2.05) is 7.05 Å². The molecule has 1 atom stereocenters. The van der Waals surface area contributed by atoms with Crippen molar-refractivity contribution in [2.45, 2.75) is 45.2 Å². The fourth-order valence-corrected chi connectivity index (χ4v) is 3.44. The number of nitrogens with zero attached hydrogens (tertiary/aromatic N) is 2. The number of methoxy groups -OCH3 is 1. The summed E-state index contributed by atoms with van der Waals surface area (Å²) in [4.78, 5) is 0. The number of rotatable bonds is 5. The Labute approximate surface area is 160 Å². The highest BCUT2D eigenvalue weighted by Crippen LogP contribution is 2.33. The predicted octanol–water partition coefficient (Wildman–Crippen LogP) is 4.12. The molecular formula is C19H27ClFN3O2. The van der Waals surface area contributed by atoms with Gasteiger partial charge in [-0.3, -0.25) is 0 Å². The van der Waals surface area contributed by atoms with E-state index in [-0.39, 0.29) is 24.3 Å². The first kappa shape index (κ1) is 20.5. The summed E-state index contributed by atoms with van der Waals surface area (Å²) in [5.74, 6) is 1.59. The van der Waals surface area contributed by atoms with E-state index in [0.29, 0.717) is 19.1 Å². The van der Waals surface area contributed by atoms with Crippen molar-refractivity contribution in [3.63, 3.8) is 0 Å². The molecule has 0 bridgehead atoms. The van der Waals surface area contributed by atoms with E-state index in [2.05, 4.69) is 24.3 Å². The molecule has 1 N–H and O–H groups in total. The first-order chi connectivity index (χ1) is 12.0. The standard InChI is InChI=1S/C19H26FN3O2.ClH/c1-12(2)18-15(19(24-4)23(3)22-18)11-21-16-6-5-9-25-17-8-7-13(20)10-14(16)17;/h7-8,10,12,16,21H,5-6,9,11H2,1-4H3;1H. The molecule has 0 amide bonds. The number of hydrogen-bond acceptors (Lipinski definition) is 4. The quantitative estimate of drug-likeness (QED) is 0.843. The molecule has 26 heavy (non-hydrogen) atoms. The second-order valence-corrected chi connectivity index (χ2v) is 6.76. The summed E-state index contributed by atoms with van der Waals surface area (Å²) in [6, 6.07) is 4.78. The third-order valence-electron chi connectivity index (χ3n) is 4.63. The van der Waals surface area contributed by atoms with Gasteiger partial charge < -0.3 is 14.8 Å². The van der Waals surface area contributed by atoms with Crippen LogP contribution in [0.2, 0.25) is 0 Å². The zero-order valence-electron chi connectivity index (χ0n) is 15.7. The van der Waals surface area contributed by atoms with Crippen molar-refractivity contribution in [3.8, 4) is 11.6 Å². The fraction of sp³-hybridized carbons (Fsp3) is 0.526. The van der Waals surface area contributed by atoms with E-state index >= 15 is 0 Å². The third-order valence-corrected chi connectivity index (χ3v) is 4.63. The number of ether oxygens (including phenoxy) is 2. The summed E-state index contributed by atoms with van der Waals surface area (Å²) in [6.45, 7) is 5.51. The van der Waals surface area contributed by atoms with Gasteiger partial charge in [-0.25, -0.2) is 9.07 Å².